The monoisotopic (exact) mass is 259 g/mol. The van der Waals surface area contributed by atoms with Gasteiger partial charge >= 0.3 is 0 Å². The maximum absolute atomic E-state index is 5.77. The second kappa shape index (κ2) is 6.38. The molecule has 1 aromatic heterocycles. The molecule has 0 aliphatic rings. The topological polar surface area (TPSA) is 39.1 Å². The lowest BCUT2D eigenvalue weighted by Gasteiger charge is -2.14. The largest absolute Gasteiger partial charge is 0.494 e. The van der Waals surface area contributed by atoms with Crippen molar-refractivity contribution in [2.75, 3.05) is 13.7 Å². The number of hydrogen-bond acceptors (Lipinski definition) is 3. The summed E-state index contributed by atoms with van der Waals surface area (Å²) in [4.78, 5) is 0. The molecular formula is C15H21N3O. The molecule has 0 radical (unpaired) electrons. The summed E-state index contributed by atoms with van der Waals surface area (Å²) in [6.45, 7) is 2.74. The molecule has 4 nitrogen and oxygen atoms in total. The number of rotatable bonds is 6. The zero-order chi connectivity index (χ0) is 13.7. The van der Waals surface area contributed by atoms with E-state index in [0.717, 1.165) is 17.9 Å². The Bertz CT molecular complexity index is 522. The molecule has 0 aliphatic carbocycles. The van der Waals surface area contributed by atoms with E-state index in [4.69, 9.17) is 4.74 Å². The molecule has 0 fully saturated rings. The predicted octanol–water partition coefficient (Wildman–Crippen LogP) is 2.46. The van der Waals surface area contributed by atoms with Crippen LogP contribution in [0.2, 0.25) is 0 Å². The zero-order valence-electron chi connectivity index (χ0n) is 11.8. The number of benzene rings is 1. The summed E-state index contributed by atoms with van der Waals surface area (Å²) in [6.07, 6.45) is 2.85. The summed E-state index contributed by atoms with van der Waals surface area (Å²) < 4.78 is 7.59. The second-order valence-corrected chi connectivity index (χ2v) is 4.71. The van der Waals surface area contributed by atoms with E-state index in [-0.39, 0.29) is 6.04 Å². The third kappa shape index (κ3) is 3.83. The summed E-state index contributed by atoms with van der Waals surface area (Å²) in [5.74, 6) is 0.927. The van der Waals surface area contributed by atoms with Crippen LogP contribution in [0.1, 0.15) is 23.7 Å². The predicted molar refractivity (Wildman–Crippen MR) is 76.3 cm³/mol. The van der Waals surface area contributed by atoms with Crippen LogP contribution in [0.5, 0.6) is 5.75 Å². The molecule has 19 heavy (non-hydrogen) atoms. The lowest BCUT2D eigenvalue weighted by atomic mass is 10.1. The third-order valence-electron chi connectivity index (χ3n) is 3.10. The van der Waals surface area contributed by atoms with Gasteiger partial charge in [-0.25, -0.2) is 0 Å². The molecule has 0 spiro atoms. The van der Waals surface area contributed by atoms with E-state index in [9.17, 15) is 0 Å². The van der Waals surface area contributed by atoms with Crippen molar-refractivity contribution in [3.8, 4) is 5.75 Å². The minimum absolute atomic E-state index is 0.228. The Labute approximate surface area is 114 Å². The minimum atomic E-state index is 0.228. The molecule has 0 amide bonds. The van der Waals surface area contributed by atoms with Crippen molar-refractivity contribution in [1.29, 1.82) is 0 Å². The van der Waals surface area contributed by atoms with E-state index in [0.29, 0.717) is 6.61 Å². The van der Waals surface area contributed by atoms with Crippen LogP contribution in [-0.4, -0.2) is 23.4 Å². The van der Waals surface area contributed by atoms with E-state index >= 15 is 0 Å². The molecule has 1 atom stereocenters. The highest BCUT2D eigenvalue weighted by Crippen LogP contribution is 2.16. The highest BCUT2D eigenvalue weighted by Gasteiger charge is 2.11. The average Bonchev–Trinajstić information content (AvgIpc) is 2.81. The Balaban J connectivity index is 1.87. The highest BCUT2D eigenvalue weighted by atomic mass is 16.5. The van der Waals surface area contributed by atoms with Crippen molar-refractivity contribution >= 4 is 0 Å². The Morgan fingerprint density at radius 2 is 2.21 bits per heavy atom. The lowest BCUT2D eigenvalue weighted by Crippen LogP contribution is -2.19. The standard InChI is InChI=1S/C15H21N3O/c1-12-5-4-6-13(11-12)19-10-8-14(16-2)15-7-9-18(3)17-15/h4-7,9,11,14,16H,8,10H2,1-3H3. The van der Waals surface area contributed by atoms with Gasteiger partial charge < -0.3 is 10.1 Å². The van der Waals surface area contributed by atoms with Crippen LogP contribution in [0.15, 0.2) is 36.5 Å². The van der Waals surface area contributed by atoms with Crippen molar-refractivity contribution in [3.63, 3.8) is 0 Å². The summed E-state index contributed by atoms with van der Waals surface area (Å²) in [6, 6.07) is 10.4. The maximum Gasteiger partial charge on any atom is 0.119 e. The molecule has 0 saturated heterocycles. The van der Waals surface area contributed by atoms with Gasteiger partial charge in [-0.1, -0.05) is 12.1 Å². The smallest absolute Gasteiger partial charge is 0.119 e. The molecule has 1 aromatic carbocycles. The van der Waals surface area contributed by atoms with E-state index in [1.807, 2.05) is 43.2 Å². The summed E-state index contributed by atoms with van der Waals surface area (Å²) >= 11 is 0. The fourth-order valence-electron chi connectivity index (χ4n) is 2.06. The number of nitrogens with zero attached hydrogens (tertiary/aromatic N) is 2. The molecule has 0 aliphatic heterocycles. The molecule has 0 saturated carbocycles. The second-order valence-electron chi connectivity index (χ2n) is 4.71. The van der Waals surface area contributed by atoms with Crippen molar-refractivity contribution in [3.05, 3.63) is 47.8 Å². The Kier molecular flexibility index (Phi) is 4.58. The van der Waals surface area contributed by atoms with Gasteiger partial charge in [0.05, 0.1) is 18.3 Å². The average molecular weight is 259 g/mol. The van der Waals surface area contributed by atoms with E-state index < -0.39 is 0 Å². The first-order valence-electron chi connectivity index (χ1n) is 6.55. The first-order chi connectivity index (χ1) is 9.19. The van der Waals surface area contributed by atoms with Gasteiger partial charge in [0.1, 0.15) is 5.75 Å². The normalized spacial score (nSPS) is 12.4. The van der Waals surface area contributed by atoms with Crippen LogP contribution in [0.3, 0.4) is 0 Å². The molecule has 1 heterocycles. The molecule has 4 heteroatoms. The highest BCUT2D eigenvalue weighted by molar-refractivity contribution is 5.27. The van der Waals surface area contributed by atoms with Gasteiger partial charge in [-0.3, -0.25) is 4.68 Å². The van der Waals surface area contributed by atoms with E-state index in [1.54, 1.807) is 0 Å². The van der Waals surface area contributed by atoms with E-state index in [2.05, 4.69) is 29.5 Å². The Morgan fingerprint density at radius 1 is 1.37 bits per heavy atom. The molecular weight excluding hydrogens is 238 g/mol. The lowest BCUT2D eigenvalue weighted by molar-refractivity contribution is 0.288. The van der Waals surface area contributed by atoms with Gasteiger partial charge in [0.25, 0.3) is 0 Å². The Morgan fingerprint density at radius 3 is 2.84 bits per heavy atom. The first-order valence-corrected chi connectivity index (χ1v) is 6.55. The molecule has 2 aromatic rings. The van der Waals surface area contributed by atoms with Crippen molar-refractivity contribution in [1.82, 2.24) is 15.1 Å². The Hall–Kier alpha value is -1.81. The fourth-order valence-corrected chi connectivity index (χ4v) is 2.06. The van der Waals surface area contributed by atoms with Crippen molar-refractivity contribution < 1.29 is 4.74 Å². The quantitative estimate of drug-likeness (QED) is 0.866. The van der Waals surface area contributed by atoms with Crippen LogP contribution >= 0.6 is 0 Å². The number of nitrogens with one attached hydrogen (secondary N) is 1. The van der Waals surface area contributed by atoms with Crippen LogP contribution < -0.4 is 10.1 Å². The number of ether oxygens (including phenoxy) is 1. The van der Waals surface area contributed by atoms with Gasteiger partial charge in [-0.2, -0.15) is 5.10 Å². The van der Waals surface area contributed by atoms with Gasteiger partial charge in [0.2, 0.25) is 0 Å². The first kappa shape index (κ1) is 13.6. The summed E-state index contributed by atoms with van der Waals surface area (Å²) in [7, 11) is 3.88. The maximum atomic E-state index is 5.77. The van der Waals surface area contributed by atoms with Gasteiger partial charge in [0.15, 0.2) is 0 Å². The van der Waals surface area contributed by atoms with Crippen LogP contribution in [0, 0.1) is 6.92 Å². The number of hydrogen-bond donors (Lipinski definition) is 1. The van der Waals surface area contributed by atoms with Gasteiger partial charge in [-0.05, 0) is 37.7 Å². The van der Waals surface area contributed by atoms with Crippen molar-refractivity contribution in [2.45, 2.75) is 19.4 Å². The van der Waals surface area contributed by atoms with Gasteiger partial charge in [0, 0.05) is 19.7 Å². The number of aromatic nitrogens is 2. The van der Waals surface area contributed by atoms with Crippen molar-refractivity contribution in [2.24, 2.45) is 7.05 Å². The van der Waals surface area contributed by atoms with E-state index in [1.165, 1.54) is 5.56 Å². The van der Waals surface area contributed by atoms with Crippen LogP contribution in [0.4, 0.5) is 0 Å². The minimum Gasteiger partial charge on any atom is -0.494 e. The summed E-state index contributed by atoms with van der Waals surface area (Å²) in [5, 5.41) is 7.69. The van der Waals surface area contributed by atoms with Crippen LogP contribution in [-0.2, 0) is 7.05 Å². The third-order valence-corrected chi connectivity index (χ3v) is 3.10. The zero-order valence-corrected chi connectivity index (χ0v) is 11.8. The summed E-state index contributed by atoms with van der Waals surface area (Å²) in [5.41, 5.74) is 2.27. The molecule has 1 unspecified atom stereocenters. The molecule has 2 rings (SSSR count). The van der Waals surface area contributed by atoms with Crippen LogP contribution in [0.25, 0.3) is 0 Å². The fraction of sp³-hybridized carbons (Fsp3) is 0.400. The number of aryl methyl sites for hydroxylation is 2. The molecule has 102 valence electrons. The molecule has 0 bridgehead atoms. The van der Waals surface area contributed by atoms with Gasteiger partial charge in [-0.15, -0.1) is 0 Å². The SMILES string of the molecule is CNC(CCOc1cccc(C)c1)c1ccn(C)n1. The molecule has 1 N–H and O–H groups in total.